The normalized spacial score (nSPS) is 17.9. The van der Waals surface area contributed by atoms with Gasteiger partial charge >= 0.3 is 0 Å². The fourth-order valence-corrected chi connectivity index (χ4v) is 1.79. The molecule has 1 aromatic rings. The summed E-state index contributed by atoms with van der Waals surface area (Å²) in [6.45, 7) is 1.76. The standard InChI is InChI=1S/C11H13N3O3/c1-7(15)8-3-2-4-12-11(8)14-5-9(16)13-10(17)6-14/h2-4,7,15H,5-6H2,1H3,(H,13,16,17)/t7-/m1/s1. The quantitative estimate of drug-likeness (QED) is 0.681. The third-order valence-electron chi connectivity index (χ3n) is 2.51. The van der Waals surface area contributed by atoms with Crippen molar-refractivity contribution in [3.8, 4) is 0 Å². The number of hydrogen-bond acceptors (Lipinski definition) is 5. The summed E-state index contributed by atoms with van der Waals surface area (Å²) >= 11 is 0. The molecule has 1 fully saturated rings. The number of amides is 2. The molecule has 0 saturated carbocycles. The van der Waals surface area contributed by atoms with Crippen molar-refractivity contribution in [1.82, 2.24) is 10.3 Å². The maximum absolute atomic E-state index is 11.3. The summed E-state index contributed by atoms with van der Waals surface area (Å²) < 4.78 is 0. The summed E-state index contributed by atoms with van der Waals surface area (Å²) in [5.74, 6) is -0.238. The Hall–Kier alpha value is -1.95. The Morgan fingerprint density at radius 2 is 2.06 bits per heavy atom. The molecule has 2 N–H and O–H groups in total. The zero-order valence-corrected chi connectivity index (χ0v) is 9.38. The van der Waals surface area contributed by atoms with E-state index in [2.05, 4.69) is 10.3 Å². The van der Waals surface area contributed by atoms with Gasteiger partial charge in [0.15, 0.2) is 0 Å². The second-order valence-electron chi connectivity index (χ2n) is 3.92. The van der Waals surface area contributed by atoms with Gasteiger partial charge in [0, 0.05) is 11.8 Å². The Morgan fingerprint density at radius 3 is 2.65 bits per heavy atom. The second kappa shape index (κ2) is 4.50. The first-order chi connectivity index (χ1) is 8.08. The molecule has 1 atom stereocenters. The van der Waals surface area contributed by atoms with Crippen molar-refractivity contribution in [2.24, 2.45) is 0 Å². The molecule has 6 nitrogen and oxygen atoms in total. The number of nitrogens with zero attached hydrogens (tertiary/aromatic N) is 2. The van der Waals surface area contributed by atoms with Gasteiger partial charge in [-0.2, -0.15) is 0 Å². The van der Waals surface area contributed by atoms with E-state index in [4.69, 9.17) is 0 Å². The number of pyridine rings is 1. The topological polar surface area (TPSA) is 82.5 Å². The number of carbonyl (C=O) groups excluding carboxylic acids is 2. The molecule has 90 valence electrons. The number of nitrogens with one attached hydrogen (secondary N) is 1. The number of aliphatic hydroxyl groups excluding tert-OH is 1. The van der Waals surface area contributed by atoms with Crippen LogP contribution in [0.25, 0.3) is 0 Å². The Balaban J connectivity index is 2.33. The molecule has 1 aliphatic rings. The van der Waals surface area contributed by atoms with Gasteiger partial charge < -0.3 is 10.0 Å². The molecule has 2 amide bonds. The zero-order valence-electron chi connectivity index (χ0n) is 9.38. The van der Waals surface area contributed by atoms with Gasteiger partial charge in [-0.1, -0.05) is 6.07 Å². The van der Waals surface area contributed by atoms with Crippen molar-refractivity contribution in [3.63, 3.8) is 0 Å². The van der Waals surface area contributed by atoms with E-state index in [0.717, 1.165) is 0 Å². The van der Waals surface area contributed by atoms with E-state index in [-0.39, 0.29) is 24.9 Å². The van der Waals surface area contributed by atoms with Gasteiger partial charge in [-0.25, -0.2) is 4.98 Å². The van der Waals surface area contributed by atoms with Gasteiger partial charge in [-0.3, -0.25) is 14.9 Å². The van der Waals surface area contributed by atoms with E-state index in [1.807, 2.05) is 0 Å². The van der Waals surface area contributed by atoms with E-state index >= 15 is 0 Å². The summed E-state index contributed by atoms with van der Waals surface area (Å²) in [5.41, 5.74) is 0.606. The smallest absolute Gasteiger partial charge is 0.246 e. The first-order valence-corrected chi connectivity index (χ1v) is 5.28. The molecule has 0 aliphatic carbocycles. The number of hydrogen-bond donors (Lipinski definition) is 2. The highest BCUT2D eigenvalue weighted by Crippen LogP contribution is 2.23. The molecule has 0 unspecified atom stereocenters. The Morgan fingerprint density at radius 1 is 1.41 bits per heavy atom. The van der Waals surface area contributed by atoms with Crippen LogP contribution in [0.1, 0.15) is 18.6 Å². The zero-order chi connectivity index (χ0) is 12.4. The van der Waals surface area contributed by atoms with Crippen LogP contribution in [0.3, 0.4) is 0 Å². The average molecular weight is 235 g/mol. The van der Waals surface area contributed by atoms with Gasteiger partial charge in [0.25, 0.3) is 0 Å². The van der Waals surface area contributed by atoms with Gasteiger partial charge in [-0.05, 0) is 13.0 Å². The predicted molar refractivity (Wildman–Crippen MR) is 60.2 cm³/mol. The van der Waals surface area contributed by atoms with Crippen molar-refractivity contribution >= 4 is 17.6 Å². The van der Waals surface area contributed by atoms with E-state index in [0.29, 0.717) is 11.4 Å². The molecular weight excluding hydrogens is 222 g/mol. The molecule has 2 rings (SSSR count). The summed E-state index contributed by atoms with van der Waals surface area (Å²) in [6.07, 6.45) is 0.872. The van der Waals surface area contributed by atoms with E-state index in [1.54, 1.807) is 30.2 Å². The number of rotatable bonds is 2. The lowest BCUT2D eigenvalue weighted by atomic mass is 10.1. The average Bonchev–Trinajstić information content (AvgIpc) is 2.27. The minimum atomic E-state index is -0.696. The van der Waals surface area contributed by atoms with Crippen LogP contribution < -0.4 is 10.2 Å². The lowest BCUT2D eigenvalue weighted by molar-refractivity contribution is -0.130. The molecule has 1 aliphatic heterocycles. The van der Waals surface area contributed by atoms with Gasteiger partial charge in [0.1, 0.15) is 5.82 Å². The number of anilines is 1. The van der Waals surface area contributed by atoms with Crippen LogP contribution in [0.2, 0.25) is 0 Å². The minimum absolute atomic E-state index is 0.0719. The molecule has 1 saturated heterocycles. The first kappa shape index (κ1) is 11.5. The third-order valence-corrected chi connectivity index (χ3v) is 2.51. The largest absolute Gasteiger partial charge is 0.389 e. The summed E-state index contributed by atoms with van der Waals surface area (Å²) in [4.78, 5) is 28.2. The van der Waals surface area contributed by atoms with Crippen LogP contribution in [-0.4, -0.2) is 35.0 Å². The number of imide groups is 1. The molecule has 0 aromatic carbocycles. The molecule has 1 aromatic heterocycles. The lowest BCUT2D eigenvalue weighted by Crippen LogP contribution is -2.52. The molecule has 17 heavy (non-hydrogen) atoms. The van der Waals surface area contributed by atoms with Gasteiger partial charge in [-0.15, -0.1) is 0 Å². The van der Waals surface area contributed by atoms with E-state index < -0.39 is 6.10 Å². The van der Waals surface area contributed by atoms with Crippen molar-refractivity contribution in [1.29, 1.82) is 0 Å². The van der Waals surface area contributed by atoms with Crippen LogP contribution in [0, 0.1) is 0 Å². The van der Waals surface area contributed by atoms with Crippen molar-refractivity contribution in [3.05, 3.63) is 23.9 Å². The summed E-state index contributed by atoms with van der Waals surface area (Å²) in [7, 11) is 0. The molecule has 0 bridgehead atoms. The maximum Gasteiger partial charge on any atom is 0.246 e. The van der Waals surface area contributed by atoms with Crippen molar-refractivity contribution in [2.45, 2.75) is 13.0 Å². The van der Waals surface area contributed by atoms with E-state index in [1.165, 1.54) is 0 Å². The number of aliphatic hydroxyl groups is 1. The Kier molecular flexibility index (Phi) is 3.06. The highest BCUT2D eigenvalue weighted by Gasteiger charge is 2.25. The Labute approximate surface area is 98.3 Å². The second-order valence-corrected chi connectivity index (χ2v) is 3.92. The fraction of sp³-hybridized carbons (Fsp3) is 0.364. The number of carbonyl (C=O) groups is 2. The highest BCUT2D eigenvalue weighted by atomic mass is 16.3. The van der Waals surface area contributed by atoms with Crippen LogP contribution in [0.4, 0.5) is 5.82 Å². The van der Waals surface area contributed by atoms with Gasteiger partial charge in [0.05, 0.1) is 19.2 Å². The SMILES string of the molecule is C[C@@H](O)c1cccnc1N1CC(=O)NC(=O)C1. The van der Waals surface area contributed by atoms with Crippen LogP contribution in [-0.2, 0) is 9.59 Å². The number of aromatic nitrogens is 1. The minimum Gasteiger partial charge on any atom is -0.389 e. The summed E-state index contributed by atoms with van der Waals surface area (Å²) in [5, 5.41) is 11.8. The number of piperazine rings is 1. The maximum atomic E-state index is 11.3. The fourth-order valence-electron chi connectivity index (χ4n) is 1.79. The van der Waals surface area contributed by atoms with Crippen molar-refractivity contribution in [2.75, 3.05) is 18.0 Å². The monoisotopic (exact) mass is 235 g/mol. The van der Waals surface area contributed by atoms with Crippen LogP contribution in [0.15, 0.2) is 18.3 Å². The molecule has 6 heteroatoms. The molecule has 0 radical (unpaired) electrons. The Bertz CT molecular complexity index is 443. The van der Waals surface area contributed by atoms with Crippen molar-refractivity contribution < 1.29 is 14.7 Å². The van der Waals surface area contributed by atoms with E-state index in [9.17, 15) is 14.7 Å². The molecular formula is C11H13N3O3. The summed E-state index contributed by atoms with van der Waals surface area (Å²) in [6, 6.07) is 3.43. The molecule has 2 heterocycles. The van der Waals surface area contributed by atoms with Crippen LogP contribution in [0.5, 0.6) is 0 Å². The van der Waals surface area contributed by atoms with Crippen LogP contribution >= 0.6 is 0 Å². The lowest BCUT2D eigenvalue weighted by Gasteiger charge is -2.28. The predicted octanol–water partition coefficient (Wildman–Crippen LogP) is -0.402. The first-order valence-electron chi connectivity index (χ1n) is 5.28. The third kappa shape index (κ3) is 2.42. The van der Waals surface area contributed by atoms with Gasteiger partial charge in [0.2, 0.25) is 11.8 Å². The highest BCUT2D eigenvalue weighted by molar-refractivity contribution is 6.02. The molecule has 0 spiro atoms.